The van der Waals surface area contributed by atoms with Gasteiger partial charge in [0.1, 0.15) is 12.7 Å². The Hall–Kier alpha value is -2.21. The molecule has 1 aromatic heterocycles. The zero-order valence-electron chi connectivity index (χ0n) is 13.6. The Balaban J connectivity index is 1.64. The number of aromatic nitrogens is 3. The number of rotatable bonds is 5. The fourth-order valence-electron chi connectivity index (χ4n) is 2.97. The third-order valence-electron chi connectivity index (χ3n) is 4.62. The fraction of sp³-hybridized carbons (Fsp3) is 0.471. The Morgan fingerprint density at radius 3 is 2.83 bits per heavy atom. The summed E-state index contributed by atoms with van der Waals surface area (Å²) in [5.41, 5.74) is 2.08. The molecule has 2 aromatic rings. The maximum absolute atomic E-state index is 12.4. The average molecular weight is 313 g/mol. The van der Waals surface area contributed by atoms with Gasteiger partial charge in [0.15, 0.2) is 0 Å². The Labute approximate surface area is 136 Å². The predicted octanol–water partition coefficient (Wildman–Crippen LogP) is 1.93. The smallest absolute Gasteiger partial charge is 0.224 e. The van der Waals surface area contributed by atoms with Gasteiger partial charge in [-0.1, -0.05) is 12.1 Å². The zero-order chi connectivity index (χ0) is 16.2. The molecule has 6 nitrogen and oxygen atoms in total. The second kappa shape index (κ2) is 6.91. The van der Waals surface area contributed by atoms with Gasteiger partial charge >= 0.3 is 0 Å². The molecule has 2 atom stereocenters. The summed E-state index contributed by atoms with van der Waals surface area (Å²) in [6.45, 7) is 3.09. The molecule has 0 saturated carbocycles. The standard InChI is InChI=1S/C17H23N5O/c1-13(21(2)17(23)10-15-4-3-9-19-15)14-5-7-16(8-6-14)22-12-18-11-20-22/h5-8,11-13,15,19H,3-4,9-10H2,1-2H3. The molecule has 23 heavy (non-hydrogen) atoms. The van der Waals surface area contributed by atoms with Crippen molar-refractivity contribution in [3.05, 3.63) is 42.5 Å². The topological polar surface area (TPSA) is 63.1 Å². The number of nitrogens with one attached hydrogen (secondary N) is 1. The molecular formula is C17H23N5O. The van der Waals surface area contributed by atoms with Gasteiger partial charge in [-0.2, -0.15) is 5.10 Å². The Morgan fingerprint density at radius 2 is 2.22 bits per heavy atom. The van der Waals surface area contributed by atoms with Crippen LogP contribution < -0.4 is 5.32 Å². The summed E-state index contributed by atoms with van der Waals surface area (Å²) in [7, 11) is 1.88. The fourth-order valence-corrected chi connectivity index (χ4v) is 2.97. The number of hydrogen-bond acceptors (Lipinski definition) is 4. The molecular weight excluding hydrogens is 290 g/mol. The van der Waals surface area contributed by atoms with Crippen LogP contribution in [0.3, 0.4) is 0 Å². The molecule has 0 bridgehead atoms. The summed E-state index contributed by atoms with van der Waals surface area (Å²) in [4.78, 5) is 18.2. The molecule has 1 saturated heterocycles. The monoisotopic (exact) mass is 313 g/mol. The van der Waals surface area contributed by atoms with Crippen molar-refractivity contribution in [3.63, 3.8) is 0 Å². The molecule has 1 amide bonds. The first-order chi connectivity index (χ1) is 11.1. The van der Waals surface area contributed by atoms with Crippen LogP contribution in [-0.2, 0) is 4.79 Å². The Kier molecular flexibility index (Phi) is 4.71. The number of benzene rings is 1. The highest BCUT2D eigenvalue weighted by atomic mass is 16.2. The van der Waals surface area contributed by atoms with Crippen LogP contribution in [0.5, 0.6) is 0 Å². The van der Waals surface area contributed by atoms with Gasteiger partial charge < -0.3 is 10.2 Å². The molecule has 0 radical (unpaired) electrons. The first-order valence-corrected chi connectivity index (χ1v) is 8.09. The number of carbonyl (C=O) groups excluding carboxylic acids is 1. The largest absolute Gasteiger partial charge is 0.339 e. The second-order valence-corrected chi connectivity index (χ2v) is 6.11. The van der Waals surface area contributed by atoms with Gasteiger partial charge in [0.25, 0.3) is 0 Å². The van der Waals surface area contributed by atoms with E-state index in [-0.39, 0.29) is 11.9 Å². The highest BCUT2D eigenvalue weighted by molar-refractivity contribution is 5.77. The van der Waals surface area contributed by atoms with Gasteiger partial charge in [-0.3, -0.25) is 4.79 Å². The molecule has 2 unspecified atom stereocenters. The van der Waals surface area contributed by atoms with E-state index in [1.54, 1.807) is 11.0 Å². The van der Waals surface area contributed by atoms with Crippen molar-refractivity contribution in [1.29, 1.82) is 0 Å². The number of nitrogens with zero attached hydrogens (tertiary/aromatic N) is 4. The van der Waals surface area contributed by atoms with E-state index in [9.17, 15) is 4.79 Å². The van der Waals surface area contributed by atoms with Crippen LogP contribution in [0.4, 0.5) is 0 Å². The molecule has 0 spiro atoms. The molecule has 6 heteroatoms. The molecule has 1 N–H and O–H groups in total. The van der Waals surface area contributed by atoms with Gasteiger partial charge in [-0.25, -0.2) is 9.67 Å². The number of carbonyl (C=O) groups is 1. The minimum absolute atomic E-state index is 0.0497. The number of amides is 1. The van der Waals surface area contributed by atoms with E-state index in [2.05, 4.69) is 22.3 Å². The van der Waals surface area contributed by atoms with Crippen LogP contribution in [0.25, 0.3) is 5.69 Å². The molecule has 3 rings (SSSR count). The van der Waals surface area contributed by atoms with Crippen molar-refractivity contribution in [2.24, 2.45) is 0 Å². The third kappa shape index (κ3) is 3.59. The van der Waals surface area contributed by atoms with E-state index in [1.807, 2.05) is 36.2 Å². The lowest BCUT2D eigenvalue weighted by Crippen LogP contribution is -2.34. The van der Waals surface area contributed by atoms with E-state index >= 15 is 0 Å². The van der Waals surface area contributed by atoms with Crippen molar-refractivity contribution in [1.82, 2.24) is 25.0 Å². The third-order valence-corrected chi connectivity index (χ3v) is 4.62. The maximum Gasteiger partial charge on any atom is 0.224 e. The minimum atomic E-state index is 0.0497. The van der Waals surface area contributed by atoms with Crippen molar-refractivity contribution in [2.45, 2.75) is 38.3 Å². The van der Waals surface area contributed by atoms with Crippen LogP contribution in [0.15, 0.2) is 36.9 Å². The highest BCUT2D eigenvalue weighted by Crippen LogP contribution is 2.22. The van der Waals surface area contributed by atoms with Gasteiger partial charge in [-0.05, 0) is 44.0 Å². The van der Waals surface area contributed by atoms with Crippen LogP contribution in [0, 0.1) is 0 Å². The van der Waals surface area contributed by atoms with Crippen LogP contribution in [-0.4, -0.2) is 45.2 Å². The summed E-state index contributed by atoms with van der Waals surface area (Å²) in [6.07, 6.45) is 6.03. The molecule has 122 valence electrons. The van der Waals surface area contributed by atoms with Crippen LogP contribution in [0.2, 0.25) is 0 Å². The Morgan fingerprint density at radius 1 is 1.43 bits per heavy atom. The molecule has 2 heterocycles. The van der Waals surface area contributed by atoms with E-state index in [4.69, 9.17) is 0 Å². The molecule has 0 aliphatic carbocycles. The summed E-state index contributed by atoms with van der Waals surface area (Å²) >= 11 is 0. The lowest BCUT2D eigenvalue weighted by atomic mass is 10.1. The van der Waals surface area contributed by atoms with Crippen LogP contribution in [0.1, 0.15) is 37.8 Å². The Bertz CT molecular complexity index is 632. The first kappa shape index (κ1) is 15.7. The van der Waals surface area contributed by atoms with E-state index < -0.39 is 0 Å². The summed E-state index contributed by atoms with van der Waals surface area (Å²) in [5, 5.41) is 7.50. The maximum atomic E-state index is 12.4. The lowest BCUT2D eigenvalue weighted by molar-refractivity contribution is -0.132. The van der Waals surface area contributed by atoms with E-state index in [1.165, 1.54) is 12.7 Å². The van der Waals surface area contributed by atoms with E-state index in [0.29, 0.717) is 12.5 Å². The molecule has 1 aliphatic heterocycles. The van der Waals surface area contributed by atoms with E-state index in [0.717, 1.165) is 24.2 Å². The first-order valence-electron chi connectivity index (χ1n) is 8.09. The zero-order valence-corrected chi connectivity index (χ0v) is 13.6. The molecule has 1 aromatic carbocycles. The average Bonchev–Trinajstić information content (AvgIpc) is 3.27. The van der Waals surface area contributed by atoms with Gasteiger partial charge in [0.05, 0.1) is 11.7 Å². The molecule has 1 aliphatic rings. The van der Waals surface area contributed by atoms with Crippen molar-refractivity contribution >= 4 is 5.91 Å². The SMILES string of the molecule is CC(c1ccc(-n2cncn2)cc1)N(C)C(=O)CC1CCCN1. The minimum Gasteiger partial charge on any atom is -0.339 e. The van der Waals surface area contributed by atoms with Gasteiger partial charge in [0.2, 0.25) is 5.91 Å². The predicted molar refractivity (Wildman–Crippen MR) is 88.2 cm³/mol. The molecule has 1 fully saturated rings. The number of hydrogen-bond donors (Lipinski definition) is 1. The summed E-state index contributed by atoms with van der Waals surface area (Å²) < 4.78 is 1.72. The second-order valence-electron chi connectivity index (χ2n) is 6.11. The van der Waals surface area contributed by atoms with Crippen molar-refractivity contribution < 1.29 is 4.79 Å². The van der Waals surface area contributed by atoms with Crippen molar-refractivity contribution in [2.75, 3.05) is 13.6 Å². The summed E-state index contributed by atoms with van der Waals surface area (Å²) in [5.74, 6) is 0.192. The quantitative estimate of drug-likeness (QED) is 0.916. The van der Waals surface area contributed by atoms with Gasteiger partial charge in [0, 0.05) is 19.5 Å². The normalized spacial score (nSPS) is 18.8. The summed E-state index contributed by atoms with van der Waals surface area (Å²) in [6, 6.07) is 8.47. The highest BCUT2D eigenvalue weighted by Gasteiger charge is 2.23. The lowest BCUT2D eigenvalue weighted by Gasteiger charge is -2.26. The van der Waals surface area contributed by atoms with Crippen LogP contribution >= 0.6 is 0 Å². The van der Waals surface area contributed by atoms with Crippen molar-refractivity contribution in [3.8, 4) is 5.69 Å². The van der Waals surface area contributed by atoms with Gasteiger partial charge in [-0.15, -0.1) is 0 Å².